The molecule has 0 fully saturated rings. The summed E-state index contributed by atoms with van der Waals surface area (Å²) in [7, 11) is -2.42. The zero-order chi connectivity index (χ0) is 27.5. The molecule has 0 spiro atoms. The second-order valence-corrected chi connectivity index (χ2v) is 15.4. The van der Waals surface area contributed by atoms with Gasteiger partial charge in [-0.25, -0.2) is 0 Å². The van der Waals surface area contributed by atoms with Gasteiger partial charge in [-0.15, -0.1) is 0 Å². The van der Waals surface area contributed by atoms with E-state index in [2.05, 4.69) is 113 Å². The molecule has 0 saturated heterocycles. The zero-order valence-electron chi connectivity index (χ0n) is 25.1. The quantitative estimate of drug-likeness (QED) is 0.135. The van der Waals surface area contributed by atoms with Crippen molar-refractivity contribution >= 4 is 23.6 Å². The largest absolute Gasteiger partial charge is 0.175 e. The van der Waals surface area contributed by atoms with E-state index in [9.17, 15) is 0 Å². The first-order chi connectivity index (χ1) is 19.1. The van der Waals surface area contributed by atoms with E-state index < -0.39 is 8.07 Å². The van der Waals surface area contributed by atoms with E-state index in [0.717, 1.165) is 6.42 Å². The minimum absolute atomic E-state index is 1.08. The third-order valence-electron chi connectivity index (χ3n) is 8.58. The molecule has 1 aliphatic rings. The third kappa shape index (κ3) is 6.93. The average molecular weight is 535 g/mol. The molecule has 206 valence electrons. The van der Waals surface area contributed by atoms with E-state index in [-0.39, 0.29) is 0 Å². The summed E-state index contributed by atoms with van der Waals surface area (Å²) in [6.45, 7) is 9.16. The molecule has 0 unspecified atom stereocenters. The van der Waals surface area contributed by atoms with Crippen LogP contribution in [0.3, 0.4) is 0 Å². The van der Waals surface area contributed by atoms with Crippen LogP contribution in [0.25, 0.3) is 0 Å². The van der Waals surface area contributed by atoms with Gasteiger partial charge in [0.05, 0.1) is 0 Å². The number of rotatable bonds is 15. The summed E-state index contributed by atoms with van der Waals surface area (Å²) in [4.78, 5) is 0. The van der Waals surface area contributed by atoms with Crippen LogP contribution in [-0.4, -0.2) is 8.07 Å². The number of aryl methyl sites for hydroxylation is 3. The van der Waals surface area contributed by atoms with Crippen molar-refractivity contribution in [2.75, 3.05) is 0 Å². The molecule has 0 saturated carbocycles. The van der Waals surface area contributed by atoms with Crippen molar-refractivity contribution < 1.29 is 0 Å². The van der Waals surface area contributed by atoms with Crippen LogP contribution in [0.2, 0.25) is 0 Å². The predicted octanol–water partition coefficient (Wildman–Crippen LogP) is 8.78. The monoisotopic (exact) mass is 534 g/mol. The van der Waals surface area contributed by atoms with Crippen molar-refractivity contribution in [1.29, 1.82) is 0 Å². The van der Waals surface area contributed by atoms with E-state index in [1.165, 1.54) is 108 Å². The zero-order valence-corrected chi connectivity index (χ0v) is 26.1. The van der Waals surface area contributed by atoms with Gasteiger partial charge in [-0.2, -0.15) is 0 Å². The Hall–Kier alpha value is -2.64. The Morgan fingerprint density at radius 3 is 1.21 bits per heavy atom. The van der Waals surface area contributed by atoms with Crippen LogP contribution in [0.15, 0.2) is 95.7 Å². The number of hydrogen-bond acceptors (Lipinski definition) is 0. The molecule has 0 aromatic heterocycles. The van der Waals surface area contributed by atoms with Gasteiger partial charge in [0.2, 0.25) is 0 Å². The Kier molecular flexibility index (Phi) is 11.0. The summed E-state index contributed by atoms with van der Waals surface area (Å²) in [6.07, 6.45) is 19.6. The van der Waals surface area contributed by atoms with E-state index >= 15 is 0 Å². The summed E-state index contributed by atoms with van der Waals surface area (Å²) < 4.78 is 0. The summed E-state index contributed by atoms with van der Waals surface area (Å²) in [6, 6.07) is 29.5. The van der Waals surface area contributed by atoms with Gasteiger partial charge >= 0.3 is 0 Å². The van der Waals surface area contributed by atoms with Crippen molar-refractivity contribution in [2.24, 2.45) is 0 Å². The summed E-state index contributed by atoms with van der Waals surface area (Å²) >= 11 is 0. The number of benzene rings is 3. The lowest BCUT2D eigenvalue weighted by molar-refractivity contribution is 0.795. The molecule has 4 rings (SSSR count). The standard InChI is InChI=1S/C38H50Si/c1-5-9-13-31-16-23-35(24-17-31)39(38-29-22-34(30-38)12-8-4,36-25-18-32(19-26-36)14-10-6-2)37-27-20-33(21-28-37)15-11-7-3/h16-28,30H,5-15,29H2,1-4H3. The van der Waals surface area contributed by atoms with Crippen molar-refractivity contribution in [3.8, 4) is 0 Å². The Labute approximate surface area is 240 Å². The van der Waals surface area contributed by atoms with Crippen LogP contribution < -0.4 is 15.6 Å². The highest BCUT2D eigenvalue weighted by Gasteiger charge is 2.43. The van der Waals surface area contributed by atoms with Crippen LogP contribution in [0.1, 0.15) is 102 Å². The lowest BCUT2D eigenvalue weighted by Gasteiger charge is -2.36. The van der Waals surface area contributed by atoms with Gasteiger partial charge < -0.3 is 0 Å². The van der Waals surface area contributed by atoms with Gasteiger partial charge in [0, 0.05) is 0 Å². The Morgan fingerprint density at radius 2 is 0.872 bits per heavy atom. The van der Waals surface area contributed by atoms with Gasteiger partial charge in [-0.3, -0.25) is 0 Å². The molecule has 3 aromatic rings. The Bertz CT molecular complexity index is 1080. The molecule has 1 aliphatic carbocycles. The molecule has 3 aromatic carbocycles. The van der Waals surface area contributed by atoms with E-state index in [1.807, 2.05) is 0 Å². The lowest BCUT2D eigenvalue weighted by Crippen LogP contribution is -2.68. The average Bonchev–Trinajstić information content (AvgIpc) is 3.45. The number of hydrogen-bond donors (Lipinski definition) is 0. The minimum atomic E-state index is -2.42. The van der Waals surface area contributed by atoms with Gasteiger partial charge in [0.25, 0.3) is 0 Å². The highest BCUT2D eigenvalue weighted by atomic mass is 28.3. The second-order valence-electron chi connectivity index (χ2n) is 11.6. The normalized spacial score (nSPS) is 13.4. The van der Waals surface area contributed by atoms with Crippen molar-refractivity contribution in [3.63, 3.8) is 0 Å². The van der Waals surface area contributed by atoms with E-state index in [4.69, 9.17) is 0 Å². The fourth-order valence-electron chi connectivity index (χ4n) is 6.27. The topological polar surface area (TPSA) is 0 Å². The molecule has 0 nitrogen and oxygen atoms in total. The first-order valence-electron chi connectivity index (χ1n) is 15.8. The van der Waals surface area contributed by atoms with E-state index in [0.29, 0.717) is 0 Å². The van der Waals surface area contributed by atoms with Crippen molar-refractivity contribution in [3.05, 3.63) is 112 Å². The van der Waals surface area contributed by atoms with Crippen LogP contribution >= 0.6 is 0 Å². The molecule has 0 amide bonds. The van der Waals surface area contributed by atoms with Crippen molar-refractivity contribution in [2.45, 2.75) is 105 Å². The number of allylic oxidation sites excluding steroid dienone is 4. The molecule has 39 heavy (non-hydrogen) atoms. The van der Waals surface area contributed by atoms with Gasteiger partial charge in [-0.05, 0) is 83.6 Å². The first-order valence-corrected chi connectivity index (χ1v) is 17.8. The smallest absolute Gasteiger partial charge is 0.0776 e. The molecular weight excluding hydrogens is 485 g/mol. The maximum atomic E-state index is 2.59. The fourth-order valence-corrected chi connectivity index (χ4v) is 11.2. The number of unbranched alkanes of at least 4 members (excludes halogenated alkanes) is 3. The SMILES string of the molecule is CCCCc1ccc([Si](C2=CC(CCC)=CC2)(c2ccc(CCCC)cc2)c2ccc(CCCC)cc2)cc1. The Morgan fingerprint density at radius 1 is 0.487 bits per heavy atom. The summed E-state index contributed by atoms with van der Waals surface area (Å²) in [5.74, 6) is 0. The molecule has 1 heteroatoms. The van der Waals surface area contributed by atoms with E-state index in [1.54, 1.807) is 5.20 Å². The second kappa shape index (κ2) is 14.7. The first kappa shape index (κ1) is 29.3. The molecule has 0 aliphatic heterocycles. The fraction of sp³-hybridized carbons (Fsp3) is 0.421. The van der Waals surface area contributed by atoms with Crippen LogP contribution in [0.5, 0.6) is 0 Å². The predicted molar refractivity (Wildman–Crippen MR) is 176 cm³/mol. The highest BCUT2D eigenvalue weighted by molar-refractivity contribution is 7.16. The van der Waals surface area contributed by atoms with Crippen molar-refractivity contribution in [1.82, 2.24) is 0 Å². The van der Waals surface area contributed by atoms with Crippen LogP contribution in [0.4, 0.5) is 0 Å². The van der Waals surface area contributed by atoms with Gasteiger partial charge in [0.1, 0.15) is 0 Å². The Balaban J connectivity index is 1.89. The molecular formula is C38H50Si. The summed E-state index contributed by atoms with van der Waals surface area (Å²) in [5, 5.41) is 6.24. The molecule has 0 N–H and O–H groups in total. The van der Waals surface area contributed by atoms with Gasteiger partial charge in [-0.1, -0.05) is 149 Å². The molecule has 0 bridgehead atoms. The van der Waals surface area contributed by atoms with Crippen LogP contribution in [-0.2, 0) is 19.3 Å². The van der Waals surface area contributed by atoms with Gasteiger partial charge in [0.15, 0.2) is 8.07 Å². The summed E-state index contributed by atoms with van der Waals surface area (Å²) in [5.41, 5.74) is 5.94. The molecule has 0 heterocycles. The maximum absolute atomic E-state index is 2.59. The highest BCUT2D eigenvalue weighted by Crippen LogP contribution is 2.29. The maximum Gasteiger partial charge on any atom is 0.175 e. The minimum Gasteiger partial charge on any atom is -0.0776 e. The third-order valence-corrected chi connectivity index (χ3v) is 13.5. The molecule has 0 atom stereocenters. The lowest BCUT2D eigenvalue weighted by atomic mass is 10.1. The van der Waals surface area contributed by atoms with Crippen LogP contribution in [0, 0.1) is 0 Å². The molecule has 0 radical (unpaired) electrons.